The minimum atomic E-state index is -0.0672. The maximum Gasteiger partial charge on any atom is 0.311 e. The maximum absolute atomic E-state index is 11.5. The Hall–Kier alpha value is -0.573. The number of rotatable bonds is 6. The van der Waals surface area contributed by atoms with Crippen molar-refractivity contribution in [2.24, 2.45) is 11.8 Å². The van der Waals surface area contributed by atoms with Crippen LogP contribution in [0.5, 0.6) is 0 Å². The van der Waals surface area contributed by atoms with Gasteiger partial charge in [0.1, 0.15) is 0 Å². The predicted molar refractivity (Wildman–Crippen MR) is 60.1 cm³/mol. The lowest BCUT2D eigenvalue weighted by Crippen LogP contribution is -2.22. The summed E-state index contributed by atoms with van der Waals surface area (Å²) < 4.78 is 5.03. The van der Waals surface area contributed by atoms with Crippen LogP contribution >= 0.6 is 0 Å². The first kappa shape index (κ1) is 13.4. The maximum atomic E-state index is 11.5. The van der Waals surface area contributed by atoms with Gasteiger partial charge in [-0.05, 0) is 25.8 Å². The fraction of sp³-hybridized carbons (Fsp3) is 0.727. The number of hydrogen-bond acceptors (Lipinski definition) is 2. The average molecular weight is 212 g/mol. The highest BCUT2D eigenvalue weighted by Gasteiger charge is 2.21. The van der Waals surface area contributed by atoms with E-state index in [2.05, 4.69) is 13.0 Å². The Labute approximate surface area is 89.7 Å². The van der Waals surface area contributed by atoms with Crippen LogP contribution in [0.15, 0.2) is 12.2 Å². The highest BCUT2D eigenvalue weighted by molar-refractivity contribution is 6.28. The van der Waals surface area contributed by atoms with Gasteiger partial charge in [0.25, 0.3) is 5.97 Å². The van der Waals surface area contributed by atoms with E-state index in [4.69, 9.17) is 4.43 Å². The van der Waals surface area contributed by atoms with E-state index in [1.807, 2.05) is 26.5 Å². The van der Waals surface area contributed by atoms with Crippen molar-refractivity contribution in [3.05, 3.63) is 12.2 Å². The first-order chi connectivity index (χ1) is 6.67. The molecule has 0 saturated carbocycles. The third-order valence-electron chi connectivity index (χ3n) is 2.28. The van der Waals surface area contributed by atoms with Gasteiger partial charge in [0.15, 0.2) is 0 Å². The third kappa shape index (κ3) is 4.60. The largest absolute Gasteiger partial charge is 0.517 e. The Kier molecular flexibility index (Phi) is 7.48. The second-order valence-corrected chi connectivity index (χ2v) is 4.00. The molecule has 0 spiro atoms. The summed E-state index contributed by atoms with van der Waals surface area (Å²) in [4.78, 5) is 11.5. The summed E-state index contributed by atoms with van der Waals surface area (Å²) in [6.07, 6.45) is 6.26. The van der Waals surface area contributed by atoms with E-state index in [1.54, 1.807) is 0 Å². The molecular formula is C11H20O2Si. The standard InChI is InChI=1S/C11H20O2Si/c1-5-7-10(8-6-2)9(3)11(12)13-14-4/h5,7,9-10H,6,8H2,1-4H3/b7-5+/t9-,10+/m1/s1. The lowest BCUT2D eigenvalue weighted by atomic mass is 9.90. The van der Waals surface area contributed by atoms with Gasteiger partial charge in [-0.1, -0.05) is 32.4 Å². The van der Waals surface area contributed by atoms with Crippen LogP contribution in [-0.4, -0.2) is 15.7 Å². The van der Waals surface area contributed by atoms with Crippen molar-refractivity contribution in [2.75, 3.05) is 0 Å². The molecule has 3 heteroatoms. The number of carbonyl (C=O) groups is 1. The zero-order chi connectivity index (χ0) is 11.0. The third-order valence-corrected chi connectivity index (χ3v) is 2.68. The summed E-state index contributed by atoms with van der Waals surface area (Å²) >= 11 is 0. The van der Waals surface area contributed by atoms with Crippen LogP contribution in [-0.2, 0) is 9.22 Å². The van der Waals surface area contributed by atoms with Crippen LogP contribution in [0.1, 0.15) is 33.6 Å². The Bertz CT molecular complexity index is 190. The molecule has 0 aliphatic carbocycles. The molecular weight excluding hydrogens is 192 g/mol. The predicted octanol–water partition coefficient (Wildman–Crippen LogP) is 2.83. The van der Waals surface area contributed by atoms with Crippen molar-refractivity contribution in [3.63, 3.8) is 0 Å². The van der Waals surface area contributed by atoms with Gasteiger partial charge in [-0.15, -0.1) is 0 Å². The lowest BCUT2D eigenvalue weighted by molar-refractivity contribution is -0.139. The molecule has 0 saturated heterocycles. The van der Waals surface area contributed by atoms with Crippen LogP contribution in [0.25, 0.3) is 0 Å². The smallest absolute Gasteiger partial charge is 0.311 e. The van der Waals surface area contributed by atoms with Gasteiger partial charge in [0.05, 0.1) is 5.92 Å². The van der Waals surface area contributed by atoms with Crippen molar-refractivity contribution in [1.82, 2.24) is 0 Å². The molecule has 0 N–H and O–H groups in total. The second-order valence-electron chi connectivity index (χ2n) is 3.39. The molecule has 14 heavy (non-hydrogen) atoms. The molecule has 0 aliphatic rings. The van der Waals surface area contributed by atoms with Gasteiger partial charge in [-0.2, -0.15) is 0 Å². The van der Waals surface area contributed by atoms with Gasteiger partial charge in [-0.3, -0.25) is 4.79 Å². The van der Waals surface area contributed by atoms with E-state index in [-0.39, 0.29) is 21.7 Å². The number of hydrogen-bond donors (Lipinski definition) is 0. The molecule has 0 aromatic carbocycles. The van der Waals surface area contributed by atoms with Gasteiger partial charge >= 0.3 is 9.76 Å². The number of carbonyl (C=O) groups excluding carboxylic acids is 1. The average Bonchev–Trinajstić information content (AvgIpc) is 2.17. The van der Waals surface area contributed by atoms with Crippen molar-refractivity contribution >= 4 is 15.7 Å². The van der Waals surface area contributed by atoms with Gasteiger partial charge < -0.3 is 4.43 Å². The summed E-state index contributed by atoms with van der Waals surface area (Å²) in [6, 6.07) is 0. The first-order valence-corrected chi connectivity index (χ1v) is 6.58. The Morgan fingerprint density at radius 2 is 2.21 bits per heavy atom. The van der Waals surface area contributed by atoms with E-state index in [1.165, 1.54) is 0 Å². The molecule has 0 bridgehead atoms. The Morgan fingerprint density at radius 1 is 1.57 bits per heavy atom. The molecule has 0 heterocycles. The van der Waals surface area contributed by atoms with Crippen molar-refractivity contribution in [2.45, 2.75) is 40.2 Å². The monoisotopic (exact) mass is 212 g/mol. The summed E-state index contributed by atoms with van der Waals surface area (Å²) in [5.74, 6) is 0.245. The SMILES string of the molecule is C/C=C/[C@@H](CCC)[C@@H](C)C(=O)O[Si]C. The van der Waals surface area contributed by atoms with E-state index in [9.17, 15) is 4.79 Å². The minimum Gasteiger partial charge on any atom is -0.517 e. The normalized spacial score (nSPS) is 15.4. The summed E-state index contributed by atoms with van der Waals surface area (Å²) in [6.45, 7) is 7.94. The Morgan fingerprint density at radius 3 is 2.64 bits per heavy atom. The summed E-state index contributed by atoms with van der Waals surface area (Å²) in [5, 5.41) is 0. The molecule has 0 aliphatic heterocycles. The molecule has 0 unspecified atom stereocenters. The molecule has 0 aromatic heterocycles. The Balaban J connectivity index is 4.26. The van der Waals surface area contributed by atoms with E-state index in [0.29, 0.717) is 5.92 Å². The summed E-state index contributed by atoms with van der Waals surface area (Å²) in [7, 11) is 0.254. The van der Waals surface area contributed by atoms with Gasteiger partial charge in [0.2, 0.25) is 0 Å². The highest BCUT2D eigenvalue weighted by atomic mass is 28.2. The van der Waals surface area contributed by atoms with Crippen LogP contribution in [0.3, 0.4) is 0 Å². The van der Waals surface area contributed by atoms with Gasteiger partial charge in [0, 0.05) is 0 Å². The molecule has 0 aromatic rings. The molecule has 0 rings (SSSR count). The van der Waals surface area contributed by atoms with Crippen LogP contribution in [0, 0.1) is 11.8 Å². The van der Waals surface area contributed by atoms with Gasteiger partial charge in [-0.25, -0.2) is 0 Å². The molecule has 80 valence electrons. The van der Waals surface area contributed by atoms with Crippen LogP contribution in [0.2, 0.25) is 6.55 Å². The fourth-order valence-corrected chi connectivity index (χ4v) is 1.85. The fourth-order valence-electron chi connectivity index (χ4n) is 1.46. The molecule has 0 fully saturated rings. The number of allylic oxidation sites excluding steroid dienone is 2. The quantitative estimate of drug-likeness (QED) is 0.500. The second kappa shape index (κ2) is 7.80. The van der Waals surface area contributed by atoms with E-state index in [0.717, 1.165) is 12.8 Å². The van der Waals surface area contributed by atoms with Crippen LogP contribution in [0.4, 0.5) is 0 Å². The molecule has 2 atom stereocenters. The van der Waals surface area contributed by atoms with Crippen molar-refractivity contribution in [1.29, 1.82) is 0 Å². The minimum absolute atomic E-state index is 0.0152. The first-order valence-electron chi connectivity index (χ1n) is 5.17. The van der Waals surface area contributed by atoms with E-state index < -0.39 is 0 Å². The zero-order valence-electron chi connectivity index (χ0n) is 9.54. The molecule has 2 radical (unpaired) electrons. The lowest BCUT2D eigenvalue weighted by Gasteiger charge is -2.18. The zero-order valence-corrected chi connectivity index (χ0v) is 10.5. The van der Waals surface area contributed by atoms with Crippen LogP contribution < -0.4 is 0 Å². The topological polar surface area (TPSA) is 26.3 Å². The molecule has 0 amide bonds. The van der Waals surface area contributed by atoms with Crippen molar-refractivity contribution < 1.29 is 9.22 Å². The van der Waals surface area contributed by atoms with Crippen molar-refractivity contribution in [3.8, 4) is 0 Å². The summed E-state index contributed by atoms with van der Waals surface area (Å²) in [5.41, 5.74) is 0. The van der Waals surface area contributed by atoms with E-state index >= 15 is 0 Å². The highest BCUT2D eigenvalue weighted by Crippen LogP contribution is 2.20. The molecule has 2 nitrogen and oxygen atoms in total.